The summed E-state index contributed by atoms with van der Waals surface area (Å²) in [6, 6.07) is 9.57. The number of H-pyrrole nitrogens is 1. The largest absolute Gasteiger partial charge is 0.497 e. The molecular formula is C17H18N2O3. The summed E-state index contributed by atoms with van der Waals surface area (Å²) in [5, 5.41) is 16.7. The maximum atomic E-state index is 11.4. The van der Waals surface area contributed by atoms with Crippen molar-refractivity contribution in [3.8, 4) is 17.0 Å². The molecule has 114 valence electrons. The highest BCUT2D eigenvalue weighted by Crippen LogP contribution is 2.33. The van der Waals surface area contributed by atoms with E-state index in [9.17, 15) is 9.90 Å². The number of nitrogens with one attached hydrogen (secondary N) is 1. The van der Waals surface area contributed by atoms with Crippen LogP contribution in [-0.4, -0.2) is 28.4 Å². The van der Waals surface area contributed by atoms with Crippen LogP contribution < -0.4 is 4.74 Å². The lowest BCUT2D eigenvalue weighted by Crippen LogP contribution is -2.08. The number of carbonyl (C=O) groups is 1. The van der Waals surface area contributed by atoms with E-state index >= 15 is 0 Å². The van der Waals surface area contributed by atoms with E-state index < -0.39 is 5.97 Å². The molecule has 2 N–H and O–H groups in total. The molecule has 5 heteroatoms. The van der Waals surface area contributed by atoms with Crippen LogP contribution in [0.3, 0.4) is 0 Å². The Bertz CT molecular complexity index is 731. The molecule has 0 unspecified atom stereocenters. The highest BCUT2D eigenvalue weighted by molar-refractivity contribution is 5.96. The minimum absolute atomic E-state index is 0.507. The molecule has 0 bridgehead atoms. The molecule has 3 rings (SSSR count). The van der Waals surface area contributed by atoms with Gasteiger partial charge < -0.3 is 9.84 Å². The summed E-state index contributed by atoms with van der Waals surface area (Å²) in [7, 11) is 1.63. The number of aromatic nitrogens is 2. The van der Waals surface area contributed by atoms with Crippen molar-refractivity contribution in [2.24, 2.45) is 0 Å². The van der Waals surface area contributed by atoms with Crippen LogP contribution in [0.4, 0.5) is 0 Å². The normalized spacial score (nSPS) is 15.0. The monoisotopic (exact) mass is 298 g/mol. The zero-order chi connectivity index (χ0) is 15.5. The van der Waals surface area contributed by atoms with Gasteiger partial charge in [0.25, 0.3) is 0 Å². The first kappa shape index (κ1) is 14.4. The molecule has 22 heavy (non-hydrogen) atoms. The van der Waals surface area contributed by atoms with E-state index in [2.05, 4.69) is 10.2 Å². The molecule has 5 nitrogen and oxygen atoms in total. The molecule has 1 aromatic heterocycles. The van der Waals surface area contributed by atoms with Gasteiger partial charge >= 0.3 is 5.97 Å². The summed E-state index contributed by atoms with van der Waals surface area (Å²) >= 11 is 0. The zero-order valence-electron chi connectivity index (χ0n) is 12.4. The van der Waals surface area contributed by atoms with Gasteiger partial charge in [-0.2, -0.15) is 5.10 Å². The minimum Gasteiger partial charge on any atom is -0.497 e. The van der Waals surface area contributed by atoms with Gasteiger partial charge in [0.05, 0.1) is 18.5 Å². The SMILES string of the molecule is COc1cccc(-c2cc(C3=C(C(=O)O)CCCC3)[nH]n2)c1. The molecule has 0 spiro atoms. The average Bonchev–Trinajstić information content (AvgIpc) is 3.05. The topological polar surface area (TPSA) is 75.2 Å². The van der Waals surface area contributed by atoms with Crippen LogP contribution in [0.2, 0.25) is 0 Å². The summed E-state index contributed by atoms with van der Waals surface area (Å²) in [6.07, 6.45) is 3.35. The Labute approximate surface area is 128 Å². The predicted octanol–water partition coefficient (Wildman–Crippen LogP) is 3.50. The summed E-state index contributed by atoms with van der Waals surface area (Å²) < 4.78 is 5.22. The number of aromatic amines is 1. The number of benzene rings is 1. The van der Waals surface area contributed by atoms with E-state index in [4.69, 9.17) is 4.74 Å². The third-order valence-corrected chi connectivity index (χ3v) is 3.99. The summed E-state index contributed by atoms with van der Waals surface area (Å²) in [6.45, 7) is 0. The van der Waals surface area contributed by atoms with Gasteiger partial charge in [-0.15, -0.1) is 0 Å². The molecule has 0 aliphatic heterocycles. The van der Waals surface area contributed by atoms with Gasteiger partial charge in [-0.25, -0.2) is 4.79 Å². The molecule has 0 amide bonds. The molecule has 0 saturated heterocycles. The van der Waals surface area contributed by atoms with Crippen molar-refractivity contribution >= 4 is 11.5 Å². The maximum Gasteiger partial charge on any atom is 0.331 e. The molecule has 1 aliphatic rings. The Morgan fingerprint density at radius 1 is 1.27 bits per heavy atom. The van der Waals surface area contributed by atoms with Crippen molar-refractivity contribution in [2.75, 3.05) is 7.11 Å². The van der Waals surface area contributed by atoms with Crippen LogP contribution >= 0.6 is 0 Å². The van der Waals surface area contributed by atoms with E-state index in [1.807, 2.05) is 30.3 Å². The summed E-state index contributed by atoms with van der Waals surface area (Å²) in [5.74, 6) is -0.0580. The van der Waals surface area contributed by atoms with Crippen molar-refractivity contribution in [2.45, 2.75) is 25.7 Å². The number of aliphatic carboxylic acids is 1. The number of rotatable bonds is 4. The molecular weight excluding hydrogens is 280 g/mol. The van der Waals surface area contributed by atoms with Gasteiger partial charge in [0.1, 0.15) is 5.75 Å². The molecule has 2 aromatic rings. The second-order valence-electron chi connectivity index (χ2n) is 5.37. The van der Waals surface area contributed by atoms with Crippen LogP contribution in [0.1, 0.15) is 31.4 Å². The summed E-state index contributed by atoms with van der Waals surface area (Å²) in [5.41, 5.74) is 3.91. The first-order chi connectivity index (χ1) is 10.7. The van der Waals surface area contributed by atoms with Crippen molar-refractivity contribution < 1.29 is 14.6 Å². The quantitative estimate of drug-likeness (QED) is 0.906. The van der Waals surface area contributed by atoms with E-state index in [-0.39, 0.29) is 0 Å². The first-order valence-corrected chi connectivity index (χ1v) is 7.34. The fourth-order valence-electron chi connectivity index (χ4n) is 2.85. The standard InChI is InChI=1S/C17H18N2O3/c1-22-12-6-4-5-11(9-12)15-10-16(19-18-15)13-7-2-3-8-14(13)17(20)21/h4-6,9-10H,2-3,7-8H2,1H3,(H,18,19)(H,20,21). The highest BCUT2D eigenvalue weighted by Gasteiger charge is 2.21. The van der Waals surface area contributed by atoms with E-state index in [0.29, 0.717) is 12.0 Å². The lowest BCUT2D eigenvalue weighted by molar-refractivity contribution is -0.132. The Balaban J connectivity index is 1.98. The Morgan fingerprint density at radius 2 is 2.09 bits per heavy atom. The van der Waals surface area contributed by atoms with Crippen LogP contribution in [0, 0.1) is 0 Å². The van der Waals surface area contributed by atoms with Gasteiger partial charge in [0, 0.05) is 11.1 Å². The number of nitrogens with zero attached hydrogens (tertiary/aromatic N) is 1. The van der Waals surface area contributed by atoms with Crippen molar-refractivity contribution in [3.63, 3.8) is 0 Å². The first-order valence-electron chi connectivity index (χ1n) is 7.34. The second-order valence-corrected chi connectivity index (χ2v) is 5.37. The van der Waals surface area contributed by atoms with E-state index in [1.54, 1.807) is 7.11 Å². The number of hydrogen-bond donors (Lipinski definition) is 2. The molecule has 1 aliphatic carbocycles. The van der Waals surface area contributed by atoms with Crippen LogP contribution in [0.15, 0.2) is 35.9 Å². The van der Waals surface area contributed by atoms with Crippen molar-refractivity contribution in [3.05, 3.63) is 41.6 Å². The molecule has 0 atom stereocenters. The third-order valence-electron chi connectivity index (χ3n) is 3.99. The molecule has 0 fully saturated rings. The maximum absolute atomic E-state index is 11.4. The summed E-state index contributed by atoms with van der Waals surface area (Å²) in [4.78, 5) is 11.4. The van der Waals surface area contributed by atoms with Gasteiger partial charge in [0.15, 0.2) is 0 Å². The Hall–Kier alpha value is -2.56. The lowest BCUT2D eigenvalue weighted by atomic mass is 9.89. The second kappa shape index (κ2) is 6.05. The van der Waals surface area contributed by atoms with E-state index in [0.717, 1.165) is 47.5 Å². The van der Waals surface area contributed by atoms with E-state index in [1.165, 1.54) is 0 Å². The molecule has 1 aromatic carbocycles. The predicted molar refractivity (Wildman–Crippen MR) is 83.6 cm³/mol. The highest BCUT2D eigenvalue weighted by atomic mass is 16.5. The molecule has 0 radical (unpaired) electrons. The fraction of sp³-hybridized carbons (Fsp3) is 0.294. The molecule has 1 heterocycles. The number of allylic oxidation sites excluding steroid dienone is 1. The van der Waals surface area contributed by atoms with Crippen LogP contribution in [-0.2, 0) is 4.79 Å². The van der Waals surface area contributed by atoms with Crippen LogP contribution in [0.25, 0.3) is 16.8 Å². The molecule has 0 saturated carbocycles. The number of hydrogen-bond acceptors (Lipinski definition) is 3. The number of carboxylic acids is 1. The number of carboxylic acid groups (broad SMARTS) is 1. The van der Waals surface area contributed by atoms with Crippen molar-refractivity contribution in [1.82, 2.24) is 10.2 Å². The third kappa shape index (κ3) is 2.74. The fourth-order valence-corrected chi connectivity index (χ4v) is 2.85. The van der Waals surface area contributed by atoms with Gasteiger partial charge in [-0.05, 0) is 49.5 Å². The Kier molecular flexibility index (Phi) is 3.96. The van der Waals surface area contributed by atoms with Crippen LogP contribution in [0.5, 0.6) is 5.75 Å². The van der Waals surface area contributed by atoms with Crippen molar-refractivity contribution in [1.29, 1.82) is 0 Å². The average molecular weight is 298 g/mol. The number of methoxy groups -OCH3 is 1. The van der Waals surface area contributed by atoms with Gasteiger partial charge in [-0.1, -0.05) is 12.1 Å². The zero-order valence-corrected chi connectivity index (χ0v) is 12.4. The number of ether oxygens (including phenoxy) is 1. The van der Waals surface area contributed by atoms with Gasteiger partial charge in [0.2, 0.25) is 0 Å². The smallest absolute Gasteiger partial charge is 0.331 e. The minimum atomic E-state index is -0.827. The van der Waals surface area contributed by atoms with Gasteiger partial charge in [-0.3, -0.25) is 5.10 Å². The lowest BCUT2D eigenvalue weighted by Gasteiger charge is -2.16. The Morgan fingerprint density at radius 3 is 2.86 bits per heavy atom.